The molecule has 2 aromatic heterocycles. The first-order chi connectivity index (χ1) is 18.6. The summed E-state index contributed by atoms with van der Waals surface area (Å²) in [6, 6.07) is 9.59. The lowest BCUT2D eigenvalue weighted by atomic mass is 10.0. The van der Waals surface area contributed by atoms with Crippen molar-refractivity contribution < 1.29 is 22.6 Å². The van der Waals surface area contributed by atoms with E-state index in [9.17, 15) is 22.6 Å². The van der Waals surface area contributed by atoms with Crippen LogP contribution in [0.2, 0.25) is 10.0 Å². The molecule has 0 radical (unpaired) electrons. The van der Waals surface area contributed by atoms with Gasteiger partial charge in [0.15, 0.2) is 10.8 Å². The lowest BCUT2D eigenvalue weighted by Crippen LogP contribution is -2.39. The van der Waals surface area contributed by atoms with Crippen LogP contribution in [-0.4, -0.2) is 53.1 Å². The molecule has 1 saturated carbocycles. The van der Waals surface area contributed by atoms with Crippen LogP contribution in [0.15, 0.2) is 65.0 Å². The number of aromatic nitrogens is 2. The molecule has 1 fully saturated rings. The summed E-state index contributed by atoms with van der Waals surface area (Å²) in [4.78, 5) is 34.6. The minimum atomic E-state index is -4.68. The minimum absolute atomic E-state index is 0.0268. The van der Waals surface area contributed by atoms with Crippen LogP contribution in [0.4, 0.5) is 11.5 Å². The Bertz CT molecular complexity index is 1600. The fourth-order valence-corrected chi connectivity index (χ4v) is 5.16. The van der Waals surface area contributed by atoms with Gasteiger partial charge in [-0.3, -0.25) is 14.1 Å². The van der Waals surface area contributed by atoms with Crippen molar-refractivity contribution in [2.24, 2.45) is 11.0 Å². The number of benzene rings is 1. The van der Waals surface area contributed by atoms with Crippen LogP contribution in [0, 0.1) is 5.92 Å². The lowest BCUT2D eigenvalue weighted by Gasteiger charge is -2.23. The molecule has 1 atom stereocenters. The maximum absolute atomic E-state index is 13.7. The van der Waals surface area contributed by atoms with Gasteiger partial charge < -0.3 is 10.6 Å². The van der Waals surface area contributed by atoms with Crippen LogP contribution in [0.5, 0.6) is 0 Å². The number of nitrogens with zero attached hydrogens (tertiary/aromatic N) is 4. The Balaban J connectivity index is 1.48. The third-order valence-electron chi connectivity index (χ3n) is 6.23. The smallest absolute Gasteiger partial charge is 0.312 e. The molecule has 5 rings (SSSR count). The third-order valence-corrected chi connectivity index (χ3v) is 7.57. The van der Waals surface area contributed by atoms with Crippen LogP contribution >= 0.6 is 23.2 Å². The molecule has 1 aliphatic carbocycles. The fourth-order valence-electron chi connectivity index (χ4n) is 4.12. The first kappa shape index (κ1) is 27.0. The average Bonchev–Trinajstić information content (AvgIpc) is 3.64. The van der Waals surface area contributed by atoms with E-state index in [0.717, 1.165) is 12.8 Å². The number of anilines is 2. The predicted molar refractivity (Wildman–Crippen MR) is 146 cm³/mol. The highest BCUT2D eigenvalue weighted by Crippen LogP contribution is 2.33. The Kier molecular flexibility index (Phi) is 7.54. The summed E-state index contributed by atoms with van der Waals surface area (Å²) in [7, 11) is -4.68. The van der Waals surface area contributed by atoms with Crippen molar-refractivity contribution in [2.45, 2.75) is 30.3 Å². The molecule has 1 aliphatic heterocycles. The van der Waals surface area contributed by atoms with Gasteiger partial charge in [0.25, 0.3) is 5.91 Å². The number of rotatable bonds is 8. The van der Waals surface area contributed by atoms with Crippen LogP contribution in [0.1, 0.15) is 35.2 Å². The van der Waals surface area contributed by atoms with Gasteiger partial charge in [0.05, 0.1) is 22.0 Å². The molecule has 3 N–H and O–H groups in total. The second kappa shape index (κ2) is 10.9. The summed E-state index contributed by atoms with van der Waals surface area (Å²) < 4.78 is 33.6. The standard InChI is InChI=1S/C25H22Cl2N6O5S/c26-15-7-8-19(17(11-15)23(34)30-13-14-5-6-14)31-24(35)21-12-20(16-3-1-10-29-25(16)39(36,37)38)32-33(21)22-18(27)4-2-9-28-22/h1-4,7-11,14,21H,5-6,12-13H2,(H,30,34)(H,31,35)(H,36,37,38). The molecule has 0 spiro atoms. The van der Waals surface area contributed by atoms with Crippen LogP contribution in [-0.2, 0) is 14.9 Å². The maximum Gasteiger partial charge on any atom is 0.312 e. The molecule has 1 unspecified atom stereocenters. The number of halogens is 2. The maximum atomic E-state index is 13.7. The van der Waals surface area contributed by atoms with Crippen molar-refractivity contribution in [2.75, 3.05) is 16.9 Å². The Morgan fingerprint density at radius 3 is 2.54 bits per heavy atom. The third kappa shape index (κ3) is 6.04. The molecular weight excluding hydrogens is 567 g/mol. The van der Waals surface area contributed by atoms with E-state index in [1.165, 1.54) is 41.7 Å². The Morgan fingerprint density at radius 1 is 1.08 bits per heavy atom. The number of carbonyl (C=O) groups is 2. The lowest BCUT2D eigenvalue weighted by molar-refractivity contribution is -0.117. The monoisotopic (exact) mass is 588 g/mol. The van der Waals surface area contributed by atoms with E-state index in [1.807, 2.05) is 0 Å². The van der Waals surface area contributed by atoms with Gasteiger partial charge in [-0.15, -0.1) is 0 Å². The molecule has 2 aliphatic rings. The average molecular weight is 589 g/mol. The highest BCUT2D eigenvalue weighted by molar-refractivity contribution is 7.85. The number of hydrazone groups is 1. The number of pyridine rings is 2. The molecule has 3 heterocycles. The summed E-state index contributed by atoms with van der Waals surface area (Å²) in [6.45, 7) is 0.533. The quantitative estimate of drug-likeness (QED) is 0.336. The van der Waals surface area contributed by atoms with Gasteiger partial charge in [-0.1, -0.05) is 23.2 Å². The molecule has 11 nitrogen and oxygen atoms in total. The zero-order valence-electron chi connectivity index (χ0n) is 20.2. The molecule has 0 saturated heterocycles. The summed E-state index contributed by atoms with van der Waals surface area (Å²) in [5, 5.41) is 11.3. The second-order valence-corrected chi connectivity index (χ2v) is 11.3. The van der Waals surface area contributed by atoms with Crippen LogP contribution in [0.3, 0.4) is 0 Å². The van der Waals surface area contributed by atoms with Gasteiger partial charge in [-0.25, -0.2) is 15.0 Å². The van der Waals surface area contributed by atoms with E-state index in [-0.39, 0.29) is 45.7 Å². The zero-order valence-corrected chi connectivity index (χ0v) is 22.5. The molecular formula is C25H22Cl2N6O5S. The van der Waals surface area contributed by atoms with Gasteiger partial charge in [0.2, 0.25) is 5.91 Å². The normalized spacial score (nSPS) is 17.1. The summed E-state index contributed by atoms with van der Waals surface area (Å²) in [6.07, 6.45) is 4.73. The van der Waals surface area contributed by atoms with Crippen LogP contribution in [0.25, 0.3) is 0 Å². The largest absolute Gasteiger partial charge is 0.352 e. The summed E-state index contributed by atoms with van der Waals surface area (Å²) in [5.41, 5.74) is 0.618. The van der Waals surface area contributed by atoms with E-state index in [2.05, 4.69) is 25.7 Å². The van der Waals surface area contributed by atoms with Gasteiger partial charge in [-0.2, -0.15) is 13.5 Å². The van der Waals surface area contributed by atoms with E-state index in [0.29, 0.717) is 17.5 Å². The first-order valence-electron chi connectivity index (χ1n) is 11.9. The molecule has 1 aromatic carbocycles. The predicted octanol–water partition coefficient (Wildman–Crippen LogP) is 3.79. The van der Waals surface area contributed by atoms with Crippen molar-refractivity contribution in [1.29, 1.82) is 0 Å². The van der Waals surface area contributed by atoms with Crippen molar-refractivity contribution >= 4 is 62.4 Å². The fraction of sp³-hybridized carbons (Fsp3) is 0.240. The van der Waals surface area contributed by atoms with Crippen molar-refractivity contribution in [1.82, 2.24) is 15.3 Å². The molecule has 39 heavy (non-hydrogen) atoms. The summed E-state index contributed by atoms with van der Waals surface area (Å²) in [5.74, 6) is -0.325. The zero-order chi connectivity index (χ0) is 27.7. The van der Waals surface area contributed by atoms with Gasteiger partial charge in [0.1, 0.15) is 6.04 Å². The summed E-state index contributed by atoms with van der Waals surface area (Å²) >= 11 is 12.5. The van der Waals surface area contributed by atoms with E-state index < -0.39 is 27.1 Å². The number of hydrogen-bond acceptors (Lipinski definition) is 8. The number of amides is 2. The second-order valence-electron chi connectivity index (χ2n) is 9.08. The number of hydrogen-bond donors (Lipinski definition) is 3. The topological polar surface area (TPSA) is 154 Å². The Morgan fingerprint density at radius 2 is 1.82 bits per heavy atom. The van der Waals surface area contributed by atoms with Crippen molar-refractivity contribution in [3.63, 3.8) is 0 Å². The van der Waals surface area contributed by atoms with Gasteiger partial charge in [-0.05, 0) is 61.2 Å². The van der Waals surface area contributed by atoms with Crippen molar-refractivity contribution in [3.05, 3.63) is 76.0 Å². The molecule has 3 aromatic rings. The van der Waals surface area contributed by atoms with Gasteiger partial charge in [0, 0.05) is 35.9 Å². The highest BCUT2D eigenvalue weighted by atomic mass is 35.5. The Hall–Kier alpha value is -3.58. The molecule has 14 heteroatoms. The minimum Gasteiger partial charge on any atom is -0.352 e. The number of nitrogens with one attached hydrogen (secondary N) is 2. The Labute approximate surface area is 234 Å². The van der Waals surface area contributed by atoms with Gasteiger partial charge >= 0.3 is 10.1 Å². The molecule has 0 bridgehead atoms. The number of carbonyl (C=O) groups excluding carboxylic acids is 2. The SMILES string of the molecule is O=C(NCC1CC1)c1cc(Cl)ccc1NC(=O)C1CC(c2cccnc2S(=O)(=O)O)=NN1c1ncccc1Cl. The van der Waals surface area contributed by atoms with E-state index >= 15 is 0 Å². The molecule has 2 amide bonds. The highest BCUT2D eigenvalue weighted by Gasteiger charge is 2.38. The molecule has 202 valence electrons. The van der Waals surface area contributed by atoms with Crippen LogP contribution < -0.4 is 15.6 Å². The van der Waals surface area contributed by atoms with Crippen molar-refractivity contribution in [3.8, 4) is 0 Å². The van der Waals surface area contributed by atoms with E-state index in [1.54, 1.807) is 18.2 Å². The first-order valence-corrected chi connectivity index (χ1v) is 14.1. The van der Waals surface area contributed by atoms with E-state index in [4.69, 9.17) is 23.2 Å².